The average Bonchev–Trinajstić information content (AvgIpc) is 3.06. The van der Waals surface area contributed by atoms with E-state index in [4.69, 9.17) is 4.42 Å². The summed E-state index contributed by atoms with van der Waals surface area (Å²) in [6, 6.07) is 13.4. The Hall–Kier alpha value is -1.64. The van der Waals surface area contributed by atoms with Gasteiger partial charge < -0.3 is 9.73 Å². The van der Waals surface area contributed by atoms with Gasteiger partial charge in [-0.2, -0.15) is 0 Å². The Bertz CT molecular complexity index is 946. The van der Waals surface area contributed by atoms with Gasteiger partial charge in [-0.15, -0.1) is 10.2 Å². The van der Waals surface area contributed by atoms with E-state index in [9.17, 15) is 4.79 Å². The molecule has 1 aromatic heterocycles. The molecule has 8 heteroatoms. The molecule has 3 rings (SSSR count). The average molecular weight is 497 g/mol. The largest absolute Gasteiger partial charge is 0.411 e. The first-order chi connectivity index (χ1) is 12.4. The molecule has 0 aliphatic carbocycles. The summed E-state index contributed by atoms with van der Waals surface area (Å²) in [6.45, 7) is 3.78. The van der Waals surface area contributed by atoms with Gasteiger partial charge in [0.15, 0.2) is 0 Å². The second-order valence-corrected chi connectivity index (χ2v) is 8.62. The topological polar surface area (TPSA) is 68.0 Å². The maximum absolute atomic E-state index is 12.4. The highest BCUT2D eigenvalue weighted by molar-refractivity contribution is 9.11. The number of hydrogen-bond donors (Lipinski definition) is 1. The normalized spacial score (nSPS) is 12.0. The minimum Gasteiger partial charge on any atom is -0.411 e. The summed E-state index contributed by atoms with van der Waals surface area (Å²) in [5.41, 5.74) is 2.65. The summed E-state index contributed by atoms with van der Waals surface area (Å²) in [7, 11) is 0. The molecule has 1 amide bonds. The zero-order chi connectivity index (χ0) is 18.7. The number of rotatable bonds is 5. The predicted molar refractivity (Wildman–Crippen MR) is 110 cm³/mol. The fourth-order valence-electron chi connectivity index (χ4n) is 2.21. The standard InChI is InChI=1S/C18H15Br2N3O2S/c1-10-5-3-4-6-13(10)17-22-23-18(25-17)26-11(2)16(24)21-15-8-7-12(19)9-14(15)20/h3-9,11H,1-2H3,(H,21,24). The summed E-state index contributed by atoms with van der Waals surface area (Å²) in [5, 5.41) is 11.0. The van der Waals surface area contributed by atoms with Crippen molar-refractivity contribution in [1.29, 1.82) is 0 Å². The third-order valence-corrected chi connectivity index (χ3v) is 5.70. The van der Waals surface area contributed by atoms with Gasteiger partial charge in [0.05, 0.1) is 10.9 Å². The van der Waals surface area contributed by atoms with Crippen molar-refractivity contribution in [1.82, 2.24) is 10.2 Å². The molecule has 1 heterocycles. The van der Waals surface area contributed by atoms with Gasteiger partial charge >= 0.3 is 0 Å². The van der Waals surface area contributed by atoms with E-state index in [0.29, 0.717) is 16.8 Å². The van der Waals surface area contributed by atoms with Gasteiger partial charge in [0.25, 0.3) is 5.22 Å². The number of aryl methyl sites for hydroxylation is 1. The Balaban J connectivity index is 1.67. The molecular formula is C18H15Br2N3O2S. The fraction of sp³-hybridized carbons (Fsp3) is 0.167. The number of anilines is 1. The SMILES string of the molecule is Cc1ccccc1-c1nnc(SC(C)C(=O)Nc2ccc(Br)cc2Br)o1. The molecule has 3 aromatic rings. The minimum absolute atomic E-state index is 0.145. The van der Waals surface area contributed by atoms with Gasteiger partial charge in [-0.25, -0.2) is 0 Å². The molecular weight excluding hydrogens is 482 g/mol. The zero-order valence-corrected chi connectivity index (χ0v) is 18.0. The van der Waals surface area contributed by atoms with Gasteiger partial charge in [-0.1, -0.05) is 45.9 Å². The van der Waals surface area contributed by atoms with Crippen molar-refractivity contribution in [3.63, 3.8) is 0 Å². The highest BCUT2D eigenvalue weighted by Gasteiger charge is 2.20. The van der Waals surface area contributed by atoms with Crippen LogP contribution >= 0.6 is 43.6 Å². The van der Waals surface area contributed by atoms with Gasteiger partial charge in [-0.05, 0) is 59.6 Å². The molecule has 2 aromatic carbocycles. The lowest BCUT2D eigenvalue weighted by atomic mass is 10.1. The molecule has 0 aliphatic heterocycles. The van der Waals surface area contributed by atoms with Crippen molar-refractivity contribution < 1.29 is 9.21 Å². The van der Waals surface area contributed by atoms with E-state index in [1.54, 1.807) is 6.92 Å². The van der Waals surface area contributed by atoms with E-state index < -0.39 is 5.25 Å². The molecule has 1 atom stereocenters. The monoisotopic (exact) mass is 495 g/mol. The van der Waals surface area contributed by atoms with Crippen molar-refractivity contribution in [2.24, 2.45) is 0 Å². The van der Waals surface area contributed by atoms with Crippen molar-refractivity contribution in [3.8, 4) is 11.5 Å². The Morgan fingerprint density at radius 2 is 1.96 bits per heavy atom. The fourth-order valence-corrected chi connectivity index (χ4v) is 4.04. The van der Waals surface area contributed by atoms with Crippen LogP contribution in [0.3, 0.4) is 0 Å². The van der Waals surface area contributed by atoms with Gasteiger partial charge in [0.1, 0.15) is 0 Å². The number of aromatic nitrogens is 2. The third kappa shape index (κ3) is 4.55. The number of carbonyl (C=O) groups is 1. The first kappa shape index (κ1) is 19.1. The third-order valence-electron chi connectivity index (χ3n) is 3.62. The Kier molecular flexibility index (Phi) is 6.16. The van der Waals surface area contributed by atoms with Gasteiger partial charge in [-0.3, -0.25) is 4.79 Å². The molecule has 0 saturated heterocycles. The van der Waals surface area contributed by atoms with E-state index in [1.807, 2.05) is 49.4 Å². The van der Waals surface area contributed by atoms with Crippen LogP contribution in [0.2, 0.25) is 0 Å². The Labute approximate surface area is 172 Å². The first-order valence-corrected chi connectivity index (χ1v) is 10.2. The lowest BCUT2D eigenvalue weighted by Crippen LogP contribution is -2.22. The van der Waals surface area contributed by atoms with Crippen LogP contribution in [0, 0.1) is 6.92 Å². The molecule has 26 heavy (non-hydrogen) atoms. The number of nitrogens with one attached hydrogen (secondary N) is 1. The predicted octanol–water partition coefficient (Wildman–Crippen LogP) is 5.69. The maximum atomic E-state index is 12.4. The van der Waals surface area contributed by atoms with Crippen molar-refractivity contribution in [3.05, 3.63) is 57.0 Å². The van der Waals surface area contributed by atoms with E-state index in [2.05, 4.69) is 47.4 Å². The van der Waals surface area contributed by atoms with E-state index >= 15 is 0 Å². The van der Waals surface area contributed by atoms with Crippen molar-refractivity contribution in [2.75, 3.05) is 5.32 Å². The van der Waals surface area contributed by atoms with Crippen LogP contribution in [0.1, 0.15) is 12.5 Å². The van der Waals surface area contributed by atoms with Crippen LogP contribution in [0.5, 0.6) is 0 Å². The minimum atomic E-state index is -0.393. The number of hydrogen-bond acceptors (Lipinski definition) is 5. The van der Waals surface area contributed by atoms with Crippen LogP contribution in [0.4, 0.5) is 5.69 Å². The van der Waals surface area contributed by atoms with Crippen molar-refractivity contribution >= 4 is 55.2 Å². The number of amides is 1. The number of halogens is 2. The zero-order valence-electron chi connectivity index (χ0n) is 14.0. The maximum Gasteiger partial charge on any atom is 0.277 e. The number of benzene rings is 2. The molecule has 0 fully saturated rings. The molecule has 0 aliphatic rings. The number of carbonyl (C=O) groups excluding carboxylic acids is 1. The highest BCUT2D eigenvalue weighted by atomic mass is 79.9. The van der Waals surface area contributed by atoms with E-state index in [0.717, 1.165) is 20.1 Å². The summed E-state index contributed by atoms with van der Waals surface area (Å²) < 4.78 is 7.44. The van der Waals surface area contributed by atoms with Crippen molar-refractivity contribution in [2.45, 2.75) is 24.3 Å². The quantitative estimate of drug-likeness (QED) is 0.459. The molecule has 0 spiro atoms. The van der Waals surface area contributed by atoms with Crippen LogP contribution < -0.4 is 5.32 Å². The molecule has 1 N–H and O–H groups in total. The lowest BCUT2D eigenvalue weighted by molar-refractivity contribution is -0.115. The number of thioether (sulfide) groups is 1. The Morgan fingerprint density at radius 1 is 1.19 bits per heavy atom. The second-order valence-electron chi connectivity index (χ2n) is 5.56. The van der Waals surface area contributed by atoms with Crippen LogP contribution in [0.15, 0.2) is 61.0 Å². The van der Waals surface area contributed by atoms with Crippen LogP contribution in [-0.2, 0) is 4.79 Å². The summed E-state index contributed by atoms with van der Waals surface area (Å²) in [6.07, 6.45) is 0. The summed E-state index contributed by atoms with van der Waals surface area (Å²) >= 11 is 8.05. The Morgan fingerprint density at radius 3 is 2.69 bits per heavy atom. The molecule has 5 nitrogen and oxygen atoms in total. The molecule has 1 unspecified atom stereocenters. The summed E-state index contributed by atoms with van der Waals surface area (Å²) in [5.74, 6) is 0.308. The molecule has 0 bridgehead atoms. The second kappa shape index (κ2) is 8.37. The number of nitrogens with zero attached hydrogens (tertiary/aromatic N) is 2. The van der Waals surface area contributed by atoms with E-state index in [1.165, 1.54) is 11.8 Å². The van der Waals surface area contributed by atoms with Gasteiger partial charge in [0.2, 0.25) is 11.8 Å². The highest BCUT2D eigenvalue weighted by Crippen LogP contribution is 2.30. The molecule has 0 saturated carbocycles. The molecule has 0 radical (unpaired) electrons. The summed E-state index contributed by atoms with van der Waals surface area (Å²) in [4.78, 5) is 12.4. The van der Waals surface area contributed by atoms with E-state index in [-0.39, 0.29) is 5.91 Å². The van der Waals surface area contributed by atoms with Crippen LogP contribution in [0.25, 0.3) is 11.5 Å². The lowest BCUT2D eigenvalue weighted by Gasteiger charge is -2.11. The van der Waals surface area contributed by atoms with Crippen LogP contribution in [-0.4, -0.2) is 21.4 Å². The molecule has 134 valence electrons. The smallest absolute Gasteiger partial charge is 0.277 e. The van der Waals surface area contributed by atoms with Gasteiger partial charge in [0, 0.05) is 14.5 Å². The first-order valence-electron chi connectivity index (χ1n) is 7.76.